The van der Waals surface area contributed by atoms with Crippen molar-refractivity contribution in [1.29, 1.82) is 0 Å². The Kier molecular flexibility index (Phi) is 3.04. The second kappa shape index (κ2) is 3.81. The van der Waals surface area contributed by atoms with E-state index in [-0.39, 0.29) is 5.56 Å². The molecule has 84 valence electrons. The van der Waals surface area contributed by atoms with Crippen LogP contribution in [0.2, 0.25) is 0 Å². The largest absolute Gasteiger partial charge is 0.410 e. The van der Waals surface area contributed by atoms with Crippen LogP contribution >= 0.6 is 0 Å². The average molecular weight is 221 g/mol. The Labute approximate surface area is 85.1 Å². The van der Waals surface area contributed by atoms with Gasteiger partial charge < -0.3 is 5.32 Å². The lowest BCUT2D eigenvalue weighted by Crippen LogP contribution is -2.49. The fraction of sp³-hybridized carbons (Fsp3) is 0.400. The summed E-state index contributed by atoms with van der Waals surface area (Å²) in [6.07, 6.45) is -4.48. The topological polar surface area (TPSA) is 12.0 Å². The van der Waals surface area contributed by atoms with Crippen LogP contribution in [0.15, 0.2) is 24.3 Å². The Bertz CT molecular complexity index is 348. The molecule has 5 heteroatoms. The van der Waals surface area contributed by atoms with E-state index in [2.05, 4.69) is 5.32 Å². The van der Waals surface area contributed by atoms with Crippen molar-refractivity contribution in [3.05, 3.63) is 35.6 Å². The van der Waals surface area contributed by atoms with Gasteiger partial charge in [0, 0.05) is 0 Å². The Balaban J connectivity index is 3.23. The second-order valence-corrected chi connectivity index (χ2v) is 3.38. The molecule has 0 heterocycles. The first-order valence-electron chi connectivity index (χ1n) is 4.33. The molecule has 1 nitrogen and oxygen atoms in total. The Morgan fingerprint density at radius 3 is 2.20 bits per heavy atom. The molecule has 0 spiro atoms. The lowest BCUT2D eigenvalue weighted by molar-refractivity contribution is -0.193. The highest BCUT2D eigenvalue weighted by Gasteiger charge is 2.51. The van der Waals surface area contributed by atoms with Crippen LogP contribution < -0.4 is 5.32 Å². The Morgan fingerprint density at radius 1 is 1.20 bits per heavy atom. The minimum Gasteiger partial charge on any atom is -0.303 e. The van der Waals surface area contributed by atoms with Crippen molar-refractivity contribution in [2.75, 3.05) is 7.05 Å². The quantitative estimate of drug-likeness (QED) is 0.757. The maximum Gasteiger partial charge on any atom is 0.410 e. The maximum atomic E-state index is 12.8. The number of nitrogens with one attached hydrogen (secondary N) is 1. The molecule has 0 aliphatic carbocycles. The summed E-state index contributed by atoms with van der Waals surface area (Å²) in [6, 6.07) is 4.49. The van der Waals surface area contributed by atoms with E-state index in [0.29, 0.717) is 0 Å². The van der Waals surface area contributed by atoms with Gasteiger partial charge in [0.05, 0.1) is 0 Å². The summed E-state index contributed by atoms with van der Waals surface area (Å²) >= 11 is 0. The Morgan fingerprint density at radius 2 is 1.80 bits per heavy atom. The molecule has 0 amide bonds. The fourth-order valence-corrected chi connectivity index (χ4v) is 1.25. The highest BCUT2D eigenvalue weighted by Crippen LogP contribution is 2.38. The summed E-state index contributed by atoms with van der Waals surface area (Å²) in [5.41, 5.74) is -2.37. The zero-order chi connectivity index (χ0) is 11.7. The summed E-state index contributed by atoms with van der Waals surface area (Å²) in [7, 11) is 1.19. The molecule has 0 bridgehead atoms. The molecule has 0 saturated heterocycles. The van der Waals surface area contributed by atoms with Crippen LogP contribution in [0.5, 0.6) is 0 Å². The van der Waals surface area contributed by atoms with Gasteiger partial charge in [0.15, 0.2) is 0 Å². The van der Waals surface area contributed by atoms with E-state index in [0.717, 1.165) is 19.1 Å². The van der Waals surface area contributed by atoms with E-state index in [1.807, 2.05) is 0 Å². The minimum atomic E-state index is -4.48. The van der Waals surface area contributed by atoms with Gasteiger partial charge in [-0.3, -0.25) is 0 Å². The van der Waals surface area contributed by atoms with E-state index in [4.69, 9.17) is 0 Å². The number of hydrogen-bond donors (Lipinski definition) is 1. The number of alkyl halides is 3. The number of hydrogen-bond acceptors (Lipinski definition) is 1. The van der Waals surface area contributed by atoms with E-state index in [9.17, 15) is 17.6 Å². The lowest BCUT2D eigenvalue weighted by Gasteiger charge is -2.32. The second-order valence-electron chi connectivity index (χ2n) is 3.38. The molecule has 1 N–H and O–H groups in total. The summed E-state index contributed by atoms with van der Waals surface area (Å²) in [5, 5.41) is 2.17. The van der Waals surface area contributed by atoms with Crippen molar-refractivity contribution in [1.82, 2.24) is 5.32 Å². The van der Waals surface area contributed by atoms with Crippen molar-refractivity contribution < 1.29 is 17.6 Å². The molecule has 0 aliphatic rings. The van der Waals surface area contributed by atoms with Crippen LogP contribution in [-0.4, -0.2) is 13.2 Å². The fourth-order valence-electron chi connectivity index (χ4n) is 1.25. The number of halogens is 4. The van der Waals surface area contributed by atoms with Crippen LogP contribution in [-0.2, 0) is 5.54 Å². The molecule has 15 heavy (non-hydrogen) atoms. The summed E-state index contributed by atoms with van der Waals surface area (Å²) in [4.78, 5) is 0. The molecular formula is C10H11F4N. The van der Waals surface area contributed by atoms with Crippen LogP contribution in [0, 0.1) is 5.82 Å². The van der Waals surface area contributed by atoms with E-state index in [1.165, 1.54) is 19.2 Å². The first-order chi connectivity index (χ1) is 6.81. The third-order valence-electron chi connectivity index (χ3n) is 2.47. The van der Waals surface area contributed by atoms with Gasteiger partial charge >= 0.3 is 6.18 Å². The standard InChI is InChI=1S/C10H11F4N/c1-9(15-2,10(12,13)14)7-4-3-5-8(11)6-7/h3-6,15H,1-2H3. The van der Waals surface area contributed by atoms with Gasteiger partial charge in [-0.25, -0.2) is 4.39 Å². The van der Waals surface area contributed by atoms with Gasteiger partial charge in [0.2, 0.25) is 0 Å². The monoisotopic (exact) mass is 221 g/mol. The minimum absolute atomic E-state index is 0.141. The molecular weight excluding hydrogens is 210 g/mol. The van der Waals surface area contributed by atoms with Crippen LogP contribution in [0.4, 0.5) is 17.6 Å². The third kappa shape index (κ3) is 2.12. The van der Waals surface area contributed by atoms with E-state index in [1.54, 1.807) is 0 Å². The maximum absolute atomic E-state index is 12.8. The predicted octanol–water partition coefficient (Wildman–Crippen LogP) is 2.82. The van der Waals surface area contributed by atoms with Gasteiger partial charge in [-0.1, -0.05) is 12.1 Å². The summed E-state index contributed by atoms with van der Waals surface area (Å²) < 4.78 is 51.0. The normalized spacial score (nSPS) is 16.1. The number of benzene rings is 1. The van der Waals surface area contributed by atoms with Gasteiger partial charge in [0.1, 0.15) is 11.4 Å². The lowest BCUT2D eigenvalue weighted by atomic mass is 9.91. The Hall–Kier alpha value is -1.10. The summed E-state index contributed by atoms with van der Waals surface area (Å²) in [5.74, 6) is -0.682. The highest BCUT2D eigenvalue weighted by atomic mass is 19.4. The smallest absolute Gasteiger partial charge is 0.303 e. The highest BCUT2D eigenvalue weighted by molar-refractivity contribution is 5.26. The third-order valence-corrected chi connectivity index (χ3v) is 2.47. The van der Waals surface area contributed by atoms with Gasteiger partial charge in [-0.15, -0.1) is 0 Å². The van der Waals surface area contributed by atoms with E-state index < -0.39 is 17.5 Å². The van der Waals surface area contributed by atoms with Gasteiger partial charge in [-0.05, 0) is 31.7 Å². The van der Waals surface area contributed by atoms with Crippen molar-refractivity contribution in [2.45, 2.75) is 18.6 Å². The predicted molar refractivity (Wildman–Crippen MR) is 48.9 cm³/mol. The first kappa shape index (κ1) is 12.0. The van der Waals surface area contributed by atoms with Crippen molar-refractivity contribution in [3.63, 3.8) is 0 Å². The molecule has 1 aromatic rings. The summed E-state index contributed by atoms with van der Waals surface area (Å²) in [6.45, 7) is 0.974. The molecule has 0 fully saturated rings. The molecule has 0 radical (unpaired) electrons. The molecule has 0 aliphatic heterocycles. The average Bonchev–Trinajstić information content (AvgIpc) is 2.14. The molecule has 1 rings (SSSR count). The van der Waals surface area contributed by atoms with Crippen LogP contribution in [0.1, 0.15) is 12.5 Å². The van der Waals surface area contributed by atoms with Gasteiger partial charge in [-0.2, -0.15) is 13.2 Å². The van der Waals surface area contributed by atoms with Crippen molar-refractivity contribution in [2.24, 2.45) is 0 Å². The van der Waals surface area contributed by atoms with Crippen LogP contribution in [0.3, 0.4) is 0 Å². The van der Waals surface area contributed by atoms with Gasteiger partial charge in [0.25, 0.3) is 0 Å². The molecule has 1 unspecified atom stereocenters. The molecule has 0 saturated carbocycles. The zero-order valence-electron chi connectivity index (χ0n) is 8.32. The molecule has 1 aromatic carbocycles. The number of rotatable bonds is 2. The van der Waals surface area contributed by atoms with E-state index >= 15 is 0 Å². The van der Waals surface area contributed by atoms with Crippen molar-refractivity contribution in [3.8, 4) is 0 Å². The SMILES string of the molecule is CNC(C)(c1cccc(F)c1)C(F)(F)F. The zero-order valence-corrected chi connectivity index (χ0v) is 8.32. The molecule has 0 aromatic heterocycles. The van der Waals surface area contributed by atoms with Crippen LogP contribution in [0.25, 0.3) is 0 Å². The molecule has 1 atom stereocenters. The first-order valence-corrected chi connectivity index (χ1v) is 4.33. The van der Waals surface area contributed by atoms with Crippen molar-refractivity contribution >= 4 is 0 Å².